The van der Waals surface area contributed by atoms with Crippen molar-refractivity contribution in [1.82, 2.24) is 4.90 Å². The van der Waals surface area contributed by atoms with Gasteiger partial charge in [0.2, 0.25) is 0 Å². The third-order valence-corrected chi connectivity index (χ3v) is 5.90. The zero-order chi connectivity index (χ0) is 15.3. The molecule has 0 amide bonds. The Hall–Kier alpha value is -1.60. The predicted molar refractivity (Wildman–Crippen MR) is 94.8 cm³/mol. The van der Waals surface area contributed by atoms with Gasteiger partial charge in [0.15, 0.2) is 0 Å². The van der Waals surface area contributed by atoms with E-state index in [2.05, 4.69) is 68.4 Å². The van der Waals surface area contributed by atoms with Crippen molar-refractivity contribution in [2.45, 2.75) is 32.2 Å². The van der Waals surface area contributed by atoms with Gasteiger partial charge in [-0.1, -0.05) is 42.5 Å². The summed E-state index contributed by atoms with van der Waals surface area (Å²) in [6.07, 6.45) is 4.16. The van der Waals surface area contributed by atoms with Gasteiger partial charge in [0.25, 0.3) is 0 Å². The molecule has 0 saturated heterocycles. The maximum Gasteiger partial charge on any atom is 0.0282 e. The Balaban J connectivity index is 1.95. The molecular formula is C21H25N. The lowest BCUT2D eigenvalue weighted by Gasteiger charge is -2.30. The fourth-order valence-electron chi connectivity index (χ4n) is 4.66. The van der Waals surface area contributed by atoms with Crippen molar-refractivity contribution in [3.8, 4) is 0 Å². The molecule has 0 aliphatic heterocycles. The topological polar surface area (TPSA) is 3.24 Å². The minimum absolute atomic E-state index is 0.546. The summed E-state index contributed by atoms with van der Waals surface area (Å²) in [4.78, 5) is 2.38. The fraction of sp³-hybridized carbons (Fsp3) is 0.429. The van der Waals surface area contributed by atoms with E-state index in [1.807, 2.05) is 0 Å². The number of fused-ring (bicyclic) bond motifs is 3. The molecule has 114 valence electrons. The second-order valence-corrected chi connectivity index (χ2v) is 7.24. The van der Waals surface area contributed by atoms with Gasteiger partial charge in [-0.2, -0.15) is 0 Å². The maximum atomic E-state index is 2.38. The predicted octanol–water partition coefficient (Wildman–Crippen LogP) is 4.97. The van der Waals surface area contributed by atoms with Crippen molar-refractivity contribution < 1.29 is 0 Å². The van der Waals surface area contributed by atoms with Gasteiger partial charge in [0.1, 0.15) is 0 Å². The van der Waals surface area contributed by atoms with Gasteiger partial charge in [-0.3, -0.25) is 0 Å². The van der Waals surface area contributed by atoms with Crippen molar-refractivity contribution in [2.75, 3.05) is 14.1 Å². The molecule has 2 aromatic rings. The van der Waals surface area contributed by atoms with E-state index in [0.29, 0.717) is 6.04 Å². The first-order valence-electron chi connectivity index (χ1n) is 8.55. The molecule has 22 heavy (non-hydrogen) atoms. The van der Waals surface area contributed by atoms with E-state index < -0.39 is 0 Å². The smallest absolute Gasteiger partial charge is 0.0282 e. The molecule has 0 radical (unpaired) electrons. The number of allylic oxidation sites excluding steroid dienone is 1. The monoisotopic (exact) mass is 291 g/mol. The zero-order valence-corrected chi connectivity index (χ0v) is 13.8. The van der Waals surface area contributed by atoms with E-state index in [1.54, 1.807) is 11.1 Å². The summed E-state index contributed by atoms with van der Waals surface area (Å²) in [5, 5.41) is 2.79. The van der Waals surface area contributed by atoms with E-state index in [9.17, 15) is 0 Å². The molecule has 2 aliphatic carbocycles. The highest BCUT2D eigenvalue weighted by molar-refractivity contribution is 5.95. The molecule has 2 aliphatic rings. The molecule has 3 atom stereocenters. The molecule has 0 aromatic heterocycles. The first-order valence-corrected chi connectivity index (χ1v) is 8.55. The van der Waals surface area contributed by atoms with Crippen LogP contribution < -0.4 is 0 Å². The van der Waals surface area contributed by atoms with E-state index in [-0.39, 0.29) is 0 Å². The van der Waals surface area contributed by atoms with Crippen LogP contribution in [-0.2, 0) is 0 Å². The molecule has 1 saturated carbocycles. The van der Waals surface area contributed by atoms with Crippen molar-refractivity contribution in [1.29, 1.82) is 0 Å². The Morgan fingerprint density at radius 1 is 0.955 bits per heavy atom. The number of rotatable bonds is 3. The molecule has 4 rings (SSSR count). The largest absolute Gasteiger partial charge is 0.303 e. The normalized spacial score (nSPS) is 25.5. The zero-order valence-electron chi connectivity index (χ0n) is 13.8. The maximum absolute atomic E-state index is 2.38. The summed E-state index contributed by atoms with van der Waals surface area (Å²) in [5.41, 5.74) is 4.89. The third-order valence-electron chi connectivity index (χ3n) is 5.90. The number of hydrogen-bond donors (Lipinski definition) is 0. The van der Waals surface area contributed by atoms with E-state index in [0.717, 1.165) is 11.8 Å². The summed E-state index contributed by atoms with van der Waals surface area (Å²) in [5.74, 6) is 1.60. The first kappa shape index (κ1) is 14.0. The van der Waals surface area contributed by atoms with E-state index >= 15 is 0 Å². The summed E-state index contributed by atoms with van der Waals surface area (Å²) in [6, 6.07) is 16.2. The van der Waals surface area contributed by atoms with Gasteiger partial charge >= 0.3 is 0 Å². The van der Waals surface area contributed by atoms with Crippen LogP contribution in [0.1, 0.15) is 31.7 Å². The van der Waals surface area contributed by atoms with Crippen molar-refractivity contribution >= 4 is 16.3 Å². The molecule has 0 N–H and O–H groups in total. The molecule has 0 heterocycles. The highest BCUT2D eigenvalue weighted by Crippen LogP contribution is 2.54. The average molecular weight is 291 g/mol. The number of benzene rings is 2. The highest BCUT2D eigenvalue weighted by Gasteiger charge is 2.41. The Labute approximate surface area is 133 Å². The van der Waals surface area contributed by atoms with Crippen LogP contribution in [0.2, 0.25) is 0 Å². The second-order valence-electron chi connectivity index (χ2n) is 7.24. The summed E-state index contributed by atoms with van der Waals surface area (Å²) >= 11 is 0. The number of hydrogen-bond acceptors (Lipinski definition) is 1. The van der Waals surface area contributed by atoms with Crippen molar-refractivity contribution in [3.63, 3.8) is 0 Å². The van der Waals surface area contributed by atoms with Crippen LogP contribution in [0, 0.1) is 11.8 Å². The van der Waals surface area contributed by atoms with Crippen LogP contribution >= 0.6 is 0 Å². The van der Waals surface area contributed by atoms with Gasteiger partial charge in [-0.15, -0.1) is 0 Å². The third kappa shape index (κ3) is 2.03. The Morgan fingerprint density at radius 3 is 2.50 bits per heavy atom. The molecule has 1 nitrogen and oxygen atoms in total. The average Bonchev–Trinajstić information content (AvgIpc) is 3.14. The highest BCUT2D eigenvalue weighted by atomic mass is 15.1. The number of nitrogens with zero attached hydrogens (tertiary/aromatic N) is 1. The van der Waals surface area contributed by atoms with Crippen LogP contribution in [-0.4, -0.2) is 25.0 Å². The van der Waals surface area contributed by atoms with Crippen LogP contribution in [0.4, 0.5) is 0 Å². The lowest BCUT2D eigenvalue weighted by Crippen LogP contribution is -2.29. The van der Waals surface area contributed by atoms with Gasteiger partial charge < -0.3 is 4.90 Å². The first-order chi connectivity index (χ1) is 10.7. The van der Waals surface area contributed by atoms with Crippen molar-refractivity contribution in [2.24, 2.45) is 11.8 Å². The van der Waals surface area contributed by atoms with Crippen LogP contribution in [0.5, 0.6) is 0 Å². The van der Waals surface area contributed by atoms with Gasteiger partial charge in [0, 0.05) is 6.04 Å². The molecule has 2 bridgehead atoms. The lowest BCUT2D eigenvalue weighted by atomic mass is 9.82. The van der Waals surface area contributed by atoms with Crippen LogP contribution in [0.25, 0.3) is 16.3 Å². The molecule has 0 spiro atoms. The summed E-state index contributed by atoms with van der Waals surface area (Å²) < 4.78 is 0. The molecule has 2 aromatic carbocycles. The summed E-state index contributed by atoms with van der Waals surface area (Å²) in [7, 11) is 4.43. The van der Waals surface area contributed by atoms with Crippen LogP contribution in [0.15, 0.2) is 48.0 Å². The summed E-state index contributed by atoms with van der Waals surface area (Å²) in [6.45, 7) is 2.38. The Morgan fingerprint density at radius 2 is 1.68 bits per heavy atom. The van der Waals surface area contributed by atoms with Gasteiger partial charge in [-0.25, -0.2) is 0 Å². The molecule has 1 heteroatoms. The standard InChI is InChI=1S/C21H25N/c1-14(22(2)3)20-16-11-12-17(13-16)21(20)19-10-6-8-15-7-4-5-9-18(15)19/h4-10,14,16-17H,11-13H2,1-3H3. The van der Waals surface area contributed by atoms with Crippen molar-refractivity contribution in [3.05, 3.63) is 53.6 Å². The molecular weight excluding hydrogens is 266 g/mol. The van der Waals surface area contributed by atoms with Crippen LogP contribution in [0.3, 0.4) is 0 Å². The Kier molecular flexibility index (Phi) is 3.34. The van der Waals surface area contributed by atoms with Gasteiger partial charge in [0.05, 0.1) is 0 Å². The Bertz CT molecular complexity index is 735. The lowest BCUT2D eigenvalue weighted by molar-refractivity contribution is 0.331. The molecule has 3 unspecified atom stereocenters. The second kappa shape index (κ2) is 5.24. The minimum Gasteiger partial charge on any atom is -0.303 e. The van der Waals surface area contributed by atoms with E-state index in [1.165, 1.54) is 35.6 Å². The van der Waals surface area contributed by atoms with Gasteiger partial charge in [-0.05, 0) is 79.6 Å². The fourth-order valence-corrected chi connectivity index (χ4v) is 4.66. The SMILES string of the molecule is CC(C1=C(c2cccc3ccccc23)C2CCC1C2)N(C)C. The number of likely N-dealkylation sites (N-methyl/N-ethyl adjacent to an activating group) is 1. The minimum atomic E-state index is 0.546. The quantitative estimate of drug-likeness (QED) is 0.771. The van der Waals surface area contributed by atoms with E-state index in [4.69, 9.17) is 0 Å². The molecule has 1 fully saturated rings.